The van der Waals surface area contributed by atoms with Gasteiger partial charge in [-0.25, -0.2) is 0 Å². The van der Waals surface area contributed by atoms with Crippen LogP contribution in [0.4, 0.5) is 11.4 Å². The van der Waals surface area contributed by atoms with Crippen LogP contribution in [0, 0.1) is 6.92 Å². The highest BCUT2D eigenvalue weighted by Crippen LogP contribution is 2.23. The van der Waals surface area contributed by atoms with E-state index in [9.17, 15) is 9.59 Å². The minimum atomic E-state index is -0.130. The Labute approximate surface area is 149 Å². The molecule has 2 aromatic carbocycles. The Morgan fingerprint density at radius 2 is 1.52 bits per heavy atom. The number of anilines is 2. The summed E-state index contributed by atoms with van der Waals surface area (Å²) in [7, 11) is 0. The Kier molecular flexibility index (Phi) is 6.75. The molecular formula is C21H26N2O2. The number of rotatable bonds is 7. The van der Waals surface area contributed by atoms with Crippen LogP contribution in [0.1, 0.15) is 43.4 Å². The van der Waals surface area contributed by atoms with Crippen LogP contribution in [-0.2, 0) is 22.4 Å². The third kappa shape index (κ3) is 5.75. The topological polar surface area (TPSA) is 58.2 Å². The molecule has 0 aromatic heterocycles. The van der Waals surface area contributed by atoms with Gasteiger partial charge in [0.05, 0.1) is 6.42 Å². The van der Waals surface area contributed by atoms with Gasteiger partial charge < -0.3 is 10.6 Å². The van der Waals surface area contributed by atoms with Gasteiger partial charge in [-0.15, -0.1) is 0 Å². The number of nitrogens with one attached hydrogen (secondary N) is 2. The Balaban J connectivity index is 1.99. The molecule has 0 heterocycles. The molecule has 132 valence electrons. The van der Waals surface area contributed by atoms with Crippen molar-refractivity contribution in [2.45, 2.75) is 46.5 Å². The highest BCUT2D eigenvalue weighted by molar-refractivity contribution is 5.95. The number of amides is 2. The van der Waals surface area contributed by atoms with Crippen LogP contribution in [0.15, 0.2) is 42.5 Å². The Bertz CT molecular complexity index is 736. The lowest BCUT2D eigenvalue weighted by atomic mass is 10.0. The zero-order chi connectivity index (χ0) is 18.2. The summed E-state index contributed by atoms with van der Waals surface area (Å²) in [6, 6.07) is 13.7. The monoisotopic (exact) mass is 338 g/mol. The van der Waals surface area contributed by atoms with Gasteiger partial charge in [0.1, 0.15) is 0 Å². The summed E-state index contributed by atoms with van der Waals surface area (Å²) in [6.45, 7) is 5.53. The number of carbonyl (C=O) groups excluding carboxylic acids is 2. The van der Waals surface area contributed by atoms with Gasteiger partial charge in [-0.05, 0) is 48.6 Å². The molecule has 0 saturated carbocycles. The maximum Gasteiger partial charge on any atom is 0.228 e. The molecule has 2 aromatic rings. The molecule has 0 bridgehead atoms. The molecule has 0 radical (unpaired) electrons. The number of unbranched alkanes of at least 4 members (excludes halogenated alkanes) is 1. The van der Waals surface area contributed by atoms with Gasteiger partial charge in [-0.1, -0.05) is 43.7 Å². The molecule has 0 aliphatic rings. The normalized spacial score (nSPS) is 10.4. The van der Waals surface area contributed by atoms with Gasteiger partial charge in [-0.3, -0.25) is 9.59 Å². The lowest BCUT2D eigenvalue weighted by Crippen LogP contribution is -2.16. The molecule has 2 rings (SSSR count). The van der Waals surface area contributed by atoms with Crippen molar-refractivity contribution in [3.05, 3.63) is 59.2 Å². The summed E-state index contributed by atoms with van der Waals surface area (Å²) in [5, 5.41) is 5.70. The highest BCUT2D eigenvalue weighted by atomic mass is 16.2. The van der Waals surface area contributed by atoms with E-state index in [2.05, 4.69) is 29.7 Å². The average molecular weight is 338 g/mol. The van der Waals surface area contributed by atoms with Crippen molar-refractivity contribution >= 4 is 23.2 Å². The summed E-state index contributed by atoms with van der Waals surface area (Å²) >= 11 is 0. The molecule has 2 amide bonds. The zero-order valence-corrected chi connectivity index (χ0v) is 15.2. The van der Waals surface area contributed by atoms with E-state index in [0.717, 1.165) is 23.2 Å². The largest absolute Gasteiger partial charge is 0.326 e. The minimum absolute atomic E-state index is 0.0654. The van der Waals surface area contributed by atoms with Gasteiger partial charge >= 0.3 is 0 Å². The maximum atomic E-state index is 12.3. The fourth-order valence-corrected chi connectivity index (χ4v) is 2.68. The molecule has 0 spiro atoms. The highest BCUT2D eigenvalue weighted by Gasteiger charge is 2.09. The van der Waals surface area contributed by atoms with Gasteiger partial charge in [0.15, 0.2) is 0 Å². The van der Waals surface area contributed by atoms with Gasteiger partial charge in [0, 0.05) is 18.3 Å². The van der Waals surface area contributed by atoms with Crippen molar-refractivity contribution in [2.24, 2.45) is 0 Å². The predicted octanol–water partition coefficient (Wildman–Crippen LogP) is 4.48. The quantitative estimate of drug-likeness (QED) is 0.782. The number of aryl methyl sites for hydroxylation is 1. The zero-order valence-electron chi connectivity index (χ0n) is 15.2. The Morgan fingerprint density at radius 1 is 0.920 bits per heavy atom. The number of carbonyl (C=O) groups is 2. The first-order valence-electron chi connectivity index (χ1n) is 8.74. The summed E-state index contributed by atoms with van der Waals surface area (Å²) < 4.78 is 0. The standard InChI is InChI=1S/C21H26N2O2/c1-4-5-7-17-10-12-18(13-11-17)14-21(25)23-20-9-6-8-19(15(20)2)22-16(3)24/h6,8-13H,4-5,7,14H2,1-3H3,(H,22,24)(H,23,25). The van der Waals surface area contributed by atoms with E-state index in [1.807, 2.05) is 37.3 Å². The second-order valence-corrected chi connectivity index (χ2v) is 6.30. The van der Waals surface area contributed by atoms with E-state index < -0.39 is 0 Å². The van der Waals surface area contributed by atoms with Crippen LogP contribution < -0.4 is 10.6 Å². The van der Waals surface area contributed by atoms with E-state index in [-0.39, 0.29) is 11.8 Å². The van der Waals surface area contributed by atoms with Gasteiger partial charge in [0.25, 0.3) is 0 Å². The second kappa shape index (κ2) is 9.02. The van der Waals surface area contributed by atoms with Crippen LogP contribution >= 0.6 is 0 Å². The smallest absolute Gasteiger partial charge is 0.228 e. The summed E-state index contributed by atoms with van der Waals surface area (Å²) in [4.78, 5) is 23.6. The molecule has 4 heteroatoms. The number of hydrogen-bond donors (Lipinski definition) is 2. The van der Waals surface area contributed by atoms with Crippen LogP contribution in [0.2, 0.25) is 0 Å². The molecule has 25 heavy (non-hydrogen) atoms. The van der Waals surface area contributed by atoms with Crippen LogP contribution in [0.5, 0.6) is 0 Å². The lowest BCUT2D eigenvalue weighted by Gasteiger charge is -2.13. The lowest BCUT2D eigenvalue weighted by molar-refractivity contribution is -0.115. The first kappa shape index (κ1) is 18.7. The van der Waals surface area contributed by atoms with Crippen molar-refractivity contribution in [1.82, 2.24) is 0 Å². The second-order valence-electron chi connectivity index (χ2n) is 6.30. The van der Waals surface area contributed by atoms with E-state index >= 15 is 0 Å². The van der Waals surface area contributed by atoms with Crippen LogP contribution in [0.3, 0.4) is 0 Å². The fourth-order valence-electron chi connectivity index (χ4n) is 2.68. The molecular weight excluding hydrogens is 312 g/mol. The van der Waals surface area contributed by atoms with Crippen molar-refractivity contribution < 1.29 is 9.59 Å². The number of hydrogen-bond acceptors (Lipinski definition) is 2. The van der Waals surface area contributed by atoms with E-state index in [1.54, 1.807) is 0 Å². The molecule has 0 atom stereocenters. The van der Waals surface area contributed by atoms with Gasteiger partial charge in [0.2, 0.25) is 11.8 Å². The first-order valence-corrected chi connectivity index (χ1v) is 8.74. The summed E-state index contributed by atoms with van der Waals surface area (Å²) in [5.74, 6) is -0.195. The predicted molar refractivity (Wildman–Crippen MR) is 103 cm³/mol. The summed E-state index contributed by atoms with van der Waals surface area (Å²) in [5.41, 5.74) is 4.58. The Hall–Kier alpha value is -2.62. The molecule has 2 N–H and O–H groups in total. The summed E-state index contributed by atoms with van der Waals surface area (Å²) in [6.07, 6.45) is 3.78. The molecule has 0 unspecified atom stereocenters. The average Bonchev–Trinajstić information content (AvgIpc) is 2.57. The van der Waals surface area contributed by atoms with Crippen molar-refractivity contribution in [2.75, 3.05) is 10.6 Å². The first-order chi connectivity index (χ1) is 12.0. The van der Waals surface area contributed by atoms with Crippen LogP contribution in [-0.4, -0.2) is 11.8 Å². The van der Waals surface area contributed by atoms with Crippen molar-refractivity contribution in [3.63, 3.8) is 0 Å². The molecule has 0 fully saturated rings. The van der Waals surface area contributed by atoms with E-state index in [0.29, 0.717) is 12.1 Å². The van der Waals surface area contributed by atoms with Crippen molar-refractivity contribution in [3.8, 4) is 0 Å². The van der Waals surface area contributed by atoms with Crippen LogP contribution in [0.25, 0.3) is 0 Å². The molecule has 0 saturated heterocycles. The third-order valence-corrected chi connectivity index (χ3v) is 4.13. The molecule has 0 aliphatic carbocycles. The van der Waals surface area contributed by atoms with E-state index in [4.69, 9.17) is 0 Å². The van der Waals surface area contributed by atoms with Gasteiger partial charge in [-0.2, -0.15) is 0 Å². The fraction of sp³-hybridized carbons (Fsp3) is 0.333. The SMILES string of the molecule is CCCCc1ccc(CC(=O)Nc2cccc(NC(C)=O)c2C)cc1. The maximum absolute atomic E-state index is 12.3. The Morgan fingerprint density at radius 3 is 2.12 bits per heavy atom. The molecule has 0 aliphatic heterocycles. The molecule has 4 nitrogen and oxygen atoms in total. The van der Waals surface area contributed by atoms with Crippen molar-refractivity contribution in [1.29, 1.82) is 0 Å². The van der Waals surface area contributed by atoms with E-state index in [1.165, 1.54) is 25.3 Å². The minimum Gasteiger partial charge on any atom is -0.326 e. The number of benzene rings is 2. The third-order valence-electron chi connectivity index (χ3n) is 4.13.